The largest absolute Gasteiger partial charge is 0.498 e. The SMILES string of the molecule is C=C/C(=C1/N=CC(C)C2CCOC(C)=C12)c1c(CC(=O)O)c(C)cc2cc(F)c(F)cc12. The van der Waals surface area contributed by atoms with E-state index < -0.39 is 17.6 Å². The maximum Gasteiger partial charge on any atom is 0.307 e. The van der Waals surface area contributed by atoms with Crippen molar-refractivity contribution in [2.45, 2.75) is 33.6 Å². The number of ether oxygens (including phenoxy) is 1. The first-order chi connectivity index (χ1) is 15.2. The van der Waals surface area contributed by atoms with Crippen molar-refractivity contribution in [3.63, 3.8) is 0 Å². The number of carbonyl (C=O) groups is 1. The summed E-state index contributed by atoms with van der Waals surface area (Å²) in [6, 6.07) is 3.95. The van der Waals surface area contributed by atoms with Crippen LogP contribution in [-0.2, 0) is 16.0 Å². The van der Waals surface area contributed by atoms with E-state index in [-0.39, 0.29) is 18.3 Å². The molecule has 4 rings (SSSR count). The van der Waals surface area contributed by atoms with Crippen LogP contribution in [0.5, 0.6) is 0 Å². The number of fused-ring (bicyclic) bond motifs is 2. The van der Waals surface area contributed by atoms with Crippen molar-refractivity contribution >= 4 is 28.5 Å². The van der Waals surface area contributed by atoms with E-state index in [4.69, 9.17) is 9.73 Å². The Balaban J connectivity index is 2.14. The smallest absolute Gasteiger partial charge is 0.307 e. The van der Waals surface area contributed by atoms with E-state index in [2.05, 4.69) is 13.5 Å². The Labute approximate surface area is 185 Å². The van der Waals surface area contributed by atoms with Gasteiger partial charge in [0.25, 0.3) is 0 Å². The average Bonchev–Trinajstić information content (AvgIpc) is 2.73. The van der Waals surface area contributed by atoms with Crippen molar-refractivity contribution in [3.8, 4) is 0 Å². The predicted molar refractivity (Wildman–Crippen MR) is 121 cm³/mol. The van der Waals surface area contributed by atoms with Crippen molar-refractivity contribution in [1.82, 2.24) is 0 Å². The van der Waals surface area contributed by atoms with Crippen molar-refractivity contribution in [2.75, 3.05) is 6.61 Å². The molecule has 2 aliphatic heterocycles. The Morgan fingerprint density at radius 2 is 2.00 bits per heavy atom. The van der Waals surface area contributed by atoms with Gasteiger partial charge in [-0.1, -0.05) is 25.6 Å². The number of hydrogen-bond donors (Lipinski definition) is 1. The van der Waals surface area contributed by atoms with Gasteiger partial charge in [0.15, 0.2) is 11.6 Å². The number of rotatable bonds is 4. The second kappa shape index (κ2) is 8.34. The number of aliphatic imine (C=N–C) groups is 1. The van der Waals surface area contributed by atoms with Crippen molar-refractivity contribution in [2.24, 2.45) is 16.8 Å². The van der Waals surface area contributed by atoms with Crippen LogP contribution >= 0.6 is 0 Å². The average molecular weight is 437 g/mol. The lowest BCUT2D eigenvalue weighted by Crippen LogP contribution is -2.27. The molecule has 0 radical (unpaired) electrons. The lowest BCUT2D eigenvalue weighted by molar-refractivity contribution is -0.136. The van der Waals surface area contributed by atoms with E-state index in [0.717, 1.165) is 29.9 Å². The molecule has 0 aliphatic carbocycles. The Bertz CT molecular complexity index is 1240. The maximum atomic E-state index is 14.3. The van der Waals surface area contributed by atoms with E-state index in [1.807, 2.05) is 13.1 Å². The number of benzene rings is 2. The van der Waals surface area contributed by atoms with Crippen molar-refractivity contribution < 1.29 is 23.4 Å². The number of allylic oxidation sites excluding steroid dienone is 4. The second-order valence-electron chi connectivity index (χ2n) is 8.42. The van der Waals surface area contributed by atoms with Gasteiger partial charge in [-0.2, -0.15) is 0 Å². The summed E-state index contributed by atoms with van der Waals surface area (Å²) >= 11 is 0. The summed E-state index contributed by atoms with van der Waals surface area (Å²) in [5.74, 6) is -1.76. The van der Waals surface area contributed by atoms with Crippen LogP contribution in [0, 0.1) is 30.4 Å². The van der Waals surface area contributed by atoms with Crippen LogP contribution in [0.4, 0.5) is 8.78 Å². The first kappa shape index (κ1) is 21.9. The summed E-state index contributed by atoms with van der Waals surface area (Å²) in [4.78, 5) is 16.4. The molecule has 0 amide bonds. The summed E-state index contributed by atoms with van der Waals surface area (Å²) in [5.41, 5.74) is 3.91. The highest BCUT2D eigenvalue weighted by Crippen LogP contribution is 2.44. The fraction of sp³-hybridized carbons (Fsp3) is 0.308. The molecule has 2 aliphatic rings. The normalized spacial score (nSPS) is 21.9. The van der Waals surface area contributed by atoms with Gasteiger partial charge in [-0.25, -0.2) is 8.78 Å². The molecule has 2 heterocycles. The van der Waals surface area contributed by atoms with Gasteiger partial charge in [-0.05, 0) is 65.8 Å². The zero-order valence-corrected chi connectivity index (χ0v) is 18.3. The predicted octanol–water partition coefficient (Wildman–Crippen LogP) is 5.98. The third-order valence-corrected chi connectivity index (χ3v) is 6.39. The number of halogens is 2. The molecular formula is C26H25F2NO3. The number of aryl methyl sites for hydroxylation is 1. The van der Waals surface area contributed by atoms with Crippen LogP contribution in [0.25, 0.3) is 16.3 Å². The molecular weight excluding hydrogens is 412 g/mol. The number of aliphatic carboxylic acids is 1. The molecule has 0 spiro atoms. The summed E-state index contributed by atoms with van der Waals surface area (Å²) < 4.78 is 34.2. The van der Waals surface area contributed by atoms with Gasteiger partial charge < -0.3 is 9.84 Å². The van der Waals surface area contributed by atoms with Gasteiger partial charge >= 0.3 is 5.97 Å². The molecule has 6 heteroatoms. The Morgan fingerprint density at radius 1 is 1.28 bits per heavy atom. The minimum atomic E-state index is -1.01. The Kier molecular flexibility index (Phi) is 5.71. The van der Waals surface area contributed by atoms with Gasteiger partial charge in [0.05, 0.1) is 24.5 Å². The summed E-state index contributed by atoms with van der Waals surface area (Å²) in [6.45, 7) is 10.4. The zero-order chi connectivity index (χ0) is 23.2. The van der Waals surface area contributed by atoms with Crippen LogP contribution in [0.15, 0.2) is 52.9 Å². The number of hydrogen-bond acceptors (Lipinski definition) is 3. The van der Waals surface area contributed by atoms with Crippen LogP contribution < -0.4 is 0 Å². The molecule has 0 aromatic heterocycles. The third-order valence-electron chi connectivity index (χ3n) is 6.39. The topological polar surface area (TPSA) is 58.9 Å². The number of carboxylic acids is 1. The molecule has 32 heavy (non-hydrogen) atoms. The summed E-state index contributed by atoms with van der Waals surface area (Å²) in [5, 5.41) is 10.5. The molecule has 166 valence electrons. The van der Waals surface area contributed by atoms with Crippen LogP contribution in [0.2, 0.25) is 0 Å². The minimum absolute atomic E-state index is 0.208. The van der Waals surface area contributed by atoms with E-state index in [0.29, 0.717) is 45.3 Å². The van der Waals surface area contributed by atoms with Crippen LogP contribution in [0.1, 0.15) is 37.0 Å². The highest BCUT2D eigenvalue weighted by molar-refractivity contribution is 6.01. The van der Waals surface area contributed by atoms with Gasteiger partial charge in [0, 0.05) is 23.3 Å². The molecule has 0 saturated carbocycles. The quantitative estimate of drug-likeness (QED) is 0.640. The monoisotopic (exact) mass is 437 g/mol. The summed E-state index contributed by atoms with van der Waals surface area (Å²) in [7, 11) is 0. The van der Waals surface area contributed by atoms with Gasteiger partial charge in [0.1, 0.15) is 0 Å². The van der Waals surface area contributed by atoms with Crippen molar-refractivity contribution in [3.05, 3.63) is 76.2 Å². The van der Waals surface area contributed by atoms with Crippen LogP contribution in [0.3, 0.4) is 0 Å². The van der Waals surface area contributed by atoms with E-state index in [9.17, 15) is 18.7 Å². The molecule has 1 N–H and O–H groups in total. The summed E-state index contributed by atoms with van der Waals surface area (Å²) in [6.07, 6.45) is 4.08. The lowest BCUT2D eigenvalue weighted by Gasteiger charge is -2.34. The molecule has 2 unspecified atom stereocenters. The minimum Gasteiger partial charge on any atom is -0.498 e. The van der Waals surface area contributed by atoms with Crippen LogP contribution in [-0.4, -0.2) is 23.9 Å². The molecule has 2 aromatic carbocycles. The fourth-order valence-electron chi connectivity index (χ4n) is 4.85. The molecule has 2 aromatic rings. The molecule has 2 atom stereocenters. The van der Waals surface area contributed by atoms with E-state index in [1.54, 1.807) is 19.1 Å². The maximum absolute atomic E-state index is 14.3. The zero-order valence-electron chi connectivity index (χ0n) is 18.3. The van der Waals surface area contributed by atoms with E-state index in [1.165, 1.54) is 0 Å². The molecule has 0 saturated heterocycles. The third kappa shape index (κ3) is 3.64. The number of carboxylic acid groups (broad SMARTS) is 1. The number of nitrogens with zero attached hydrogens (tertiary/aromatic N) is 1. The van der Waals surface area contributed by atoms with Crippen molar-refractivity contribution in [1.29, 1.82) is 0 Å². The van der Waals surface area contributed by atoms with Gasteiger partial charge in [-0.15, -0.1) is 0 Å². The Morgan fingerprint density at radius 3 is 2.69 bits per heavy atom. The first-order valence-corrected chi connectivity index (χ1v) is 10.6. The lowest BCUT2D eigenvalue weighted by atomic mass is 9.77. The highest BCUT2D eigenvalue weighted by Gasteiger charge is 2.34. The van der Waals surface area contributed by atoms with E-state index >= 15 is 0 Å². The molecule has 4 nitrogen and oxygen atoms in total. The highest BCUT2D eigenvalue weighted by atomic mass is 19.2. The standard InChI is InChI=1S/C26H25F2NO3/c1-5-17(26-24-15(4)32-7-6-18(24)14(3)12-29-26)25-19(11-23(30)31)13(2)8-16-9-21(27)22(28)10-20(16)25/h5,8-10,12,14,18H,1,6-7,11H2,2-4H3,(H,30,31)/b26-17-. The van der Waals surface area contributed by atoms with Gasteiger partial charge in [0.2, 0.25) is 0 Å². The fourth-order valence-corrected chi connectivity index (χ4v) is 4.85. The second-order valence-corrected chi connectivity index (χ2v) is 8.42. The Hall–Kier alpha value is -3.28. The molecule has 0 bridgehead atoms. The van der Waals surface area contributed by atoms with Gasteiger partial charge in [-0.3, -0.25) is 9.79 Å². The first-order valence-electron chi connectivity index (χ1n) is 10.6. The molecule has 0 fully saturated rings.